The van der Waals surface area contributed by atoms with Crippen LogP contribution in [-0.2, 0) is 11.3 Å². The second kappa shape index (κ2) is 5.31. The molecule has 0 atom stereocenters. The maximum atomic E-state index is 11.8. The number of nitriles is 1. The van der Waals surface area contributed by atoms with Crippen LogP contribution in [0.2, 0.25) is 0 Å². The maximum absolute atomic E-state index is 11.8. The summed E-state index contributed by atoms with van der Waals surface area (Å²) in [6.45, 7) is 2.67. The number of methoxy groups -OCH3 is 1. The Morgan fingerprint density at radius 1 is 1.58 bits per heavy atom. The van der Waals surface area contributed by atoms with Gasteiger partial charge < -0.3 is 4.74 Å². The normalized spacial score (nSPS) is 9.95. The molecule has 6 heteroatoms. The number of aryl methyl sites for hydroxylation is 1. The molecule has 0 amide bonds. The Balaban J connectivity index is 2.63. The molecule has 6 nitrogen and oxygen atoms in total. The topological polar surface area (TPSA) is 80.8 Å². The lowest BCUT2D eigenvalue weighted by molar-refractivity contribution is 0.0601. The highest BCUT2D eigenvalue weighted by molar-refractivity contribution is 5.98. The molecule has 0 aromatic carbocycles. The molecule has 0 spiro atoms. The van der Waals surface area contributed by atoms with Gasteiger partial charge in [0.05, 0.1) is 24.6 Å². The van der Waals surface area contributed by atoms with Crippen LogP contribution in [0.3, 0.4) is 0 Å². The third-order valence-electron chi connectivity index (χ3n) is 2.69. The average molecular weight is 256 g/mol. The van der Waals surface area contributed by atoms with Gasteiger partial charge >= 0.3 is 5.97 Å². The molecule has 0 bridgehead atoms. The third-order valence-corrected chi connectivity index (χ3v) is 2.69. The van der Waals surface area contributed by atoms with Crippen LogP contribution < -0.4 is 0 Å². The van der Waals surface area contributed by atoms with Crippen LogP contribution in [-0.4, -0.2) is 27.8 Å². The first kappa shape index (κ1) is 12.8. The zero-order chi connectivity index (χ0) is 13.8. The quantitative estimate of drug-likeness (QED) is 0.779. The van der Waals surface area contributed by atoms with Gasteiger partial charge in [-0.15, -0.1) is 0 Å². The Bertz CT molecular complexity index is 655. The molecular weight excluding hydrogens is 244 g/mol. The zero-order valence-electron chi connectivity index (χ0n) is 10.6. The fourth-order valence-electron chi connectivity index (χ4n) is 1.74. The lowest BCUT2D eigenvalue weighted by Gasteiger charge is -2.06. The lowest BCUT2D eigenvalue weighted by atomic mass is 10.0. The summed E-state index contributed by atoms with van der Waals surface area (Å²) in [6, 6.07) is 3.46. The number of carbonyl (C=O) groups is 1. The predicted octanol–water partition coefficient (Wildman–Crippen LogP) is 1.62. The van der Waals surface area contributed by atoms with Crippen LogP contribution >= 0.6 is 0 Å². The van der Waals surface area contributed by atoms with E-state index in [2.05, 4.69) is 10.1 Å². The standard InChI is InChI=1S/C13H12N4O2/c1-3-17-8-10(7-16-17)12-11(13(18)19-2)9(6-14)4-5-15-12/h4-5,7-8H,3H2,1-2H3. The first-order valence-corrected chi connectivity index (χ1v) is 5.71. The summed E-state index contributed by atoms with van der Waals surface area (Å²) in [4.78, 5) is 16.0. The Morgan fingerprint density at radius 2 is 2.37 bits per heavy atom. The van der Waals surface area contributed by atoms with Gasteiger partial charge in [0.2, 0.25) is 0 Å². The number of nitrogens with zero attached hydrogens (tertiary/aromatic N) is 4. The van der Waals surface area contributed by atoms with Gasteiger partial charge in [-0.25, -0.2) is 4.79 Å². The van der Waals surface area contributed by atoms with E-state index in [1.807, 2.05) is 13.0 Å². The van der Waals surface area contributed by atoms with E-state index >= 15 is 0 Å². The van der Waals surface area contributed by atoms with Crippen molar-refractivity contribution in [3.05, 3.63) is 35.8 Å². The highest BCUT2D eigenvalue weighted by Crippen LogP contribution is 2.24. The molecule has 0 N–H and O–H groups in total. The molecule has 0 saturated heterocycles. The molecule has 2 rings (SSSR count). The van der Waals surface area contributed by atoms with Gasteiger partial charge in [0, 0.05) is 24.5 Å². The number of aromatic nitrogens is 3. The summed E-state index contributed by atoms with van der Waals surface area (Å²) >= 11 is 0. The van der Waals surface area contributed by atoms with E-state index in [4.69, 9.17) is 10.00 Å². The summed E-state index contributed by atoms with van der Waals surface area (Å²) < 4.78 is 6.44. The van der Waals surface area contributed by atoms with Crippen LogP contribution in [0, 0.1) is 11.3 Å². The second-order valence-corrected chi connectivity index (χ2v) is 3.77. The van der Waals surface area contributed by atoms with E-state index in [9.17, 15) is 4.79 Å². The van der Waals surface area contributed by atoms with E-state index in [-0.39, 0.29) is 11.1 Å². The first-order chi connectivity index (χ1) is 9.21. The number of hydrogen-bond donors (Lipinski definition) is 0. The Morgan fingerprint density at radius 3 is 2.95 bits per heavy atom. The number of carbonyl (C=O) groups excluding carboxylic acids is 1. The molecular formula is C13H12N4O2. The summed E-state index contributed by atoms with van der Waals surface area (Å²) in [5.74, 6) is -0.580. The van der Waals surface area contributed by atoms with Gasteiger partial charge in [-0.05, 0) is 13.0 Å². The second-order valence-electron chi connectivity index (χ2n) is 3.77. The molecule has 0 aliphatic heterocycles. The van der Waals surface area contributed by atoms with Crippen LogP contribution in [0.4, 0.5) is 0 Å². The summed E-state index contributed by atoms with van der Waals surface area (Å²) in [5, 5.41) is 13.2. The van der Waals surface area contributed by atoms with Crippen molar-refractivity contribution in [1.29, 1.82) is 5.26 Å². The number of ether oxygens (including phenoxy) is 1. The molecule has 0 unspecified atom stereocenters. The minimum absolute atomic E-state index is 0.170. The molecule has 0 fully saturated rings. The fraction of sp³-hybridized carbons (Fsp3) is 0.231. The molecule has 0 radical (unpaired) electrons. The van der Waals surface area contributed by atoms with Gasteiger partial charge in [0.1, 0.15) is 11.6 Å². The van der Waals surface area contributed by atoms with E-state index in [0.29, 0.717) is 17.8 Å². The average Bonchev–Trinajstić information content (AvgIpc) is 2.94. The molecule has 0 aliphatic carbocycles. The van der Waals surface area contributed by atoms with Crippen molar-refractivity contribution in [3.8, 4) is 17.3 Å². The van der Waals surface area contributed by atoms with Crippen LogP contribution in [0.5, 0.6) is 0 Å². The zero-order valence-corrected chi connectivity index (χ0v) is 10.6. The van der Waals surface area contributed by atoms with Crippen molar-refractivity contribution in [2.24, 2.45) is 0 Å². The van der Waals surface area contributed by atoms with Gasteiger partial charge in [-0.1, -0.05) is 0 Å². The third kappa shape index (κ3) is 2.31. The van der Waals surface area contributed by atoms with E-state index in [0.717, 1.165) is 0 Å². The number of pyridine rings is 1. The van der Waals surface area contributed by atoms with Gasteiger partial charge in [0.15, 0.2) is 0 Å². The molecule has 0 saturated carbocycles. The van der Waals surface area contributed by atoms with Crippen molar-refractivity contribution >= 4 is 5.97 Å². The van der Waals surface area contributed by atoms with Crippen molar-refractivity contribution < 1.29 is 9.53 Å². The van der Waals surface area contributed by atoms with Crippen LogP contribution in [0.15, 0.2) is 24.7 Å². The minimum atomic E-state index is -0.580. The molecule has 0 aliphatic rings. The van der Waals surface area contributed by atoms with Gasteiger partial charge in [0.25, 0.3) is 0 Å². The largest absolute Gasteiger partial charge is 0.465 e. The van der Waals surface area contributed by atoms with Crippen molar-refractivity contribution in [1.82, 2.24) is 14.8 Å². The highest BCUT2D eigenvalue weighted by Gasteiger charge is 2.20. The molecule has 19 heavy (non-hydrogen) atoms. The van der Waals surface area contributed by atoms with Gasteiger partial charge in [-0.2, -0.15) is 10.4 Å². The number of rotatable bonds is 3. The van der Waals surface area contributed by atoms with Crippen LogP contribution in [0.1, 0.15) is 22.8 Å². The predicted molar refractivity (Wildman–Crippen MR) is 67.2 cm³/mol. The molecule has 2 aromatic rings. The Hall–Kier alpha value is -2.68. The first-order valence-electron chi connectivity index (χ1n) is 5.71. The van der Waals surface area contributed by atoms with E-state index < -0.39 is 5.97 Å². The number of hydrogen-bond acceptors (Lipinski definition) is 5. The summed E-state index contributed by atoms with van der Waals surface area (Å²) in [6.07, 6.45) is 4.87. The van der Waals surface area contributed by atoms with Crippen LogP contribution in [0.25, 0.3) is 11.3 Å². The summed E-state index contributed by atoms with van der Waals surface area (Å²) in [7, 11) is 1.27. The van der Waals surface area contributed by atoms with E-state index in [1.54, 1.807) is 17.1 Å². The molecule has 96 valence electrons. The number of esters is 1. The van der Waals surface area contributed by atoms with Crippen molar-refractivity contribution in [3.63, 3.8) is 0 Å². The highest BCUT2D eigenvalue weighted by atomic mass is 16.5. The summed E-state index contributed by atoms with van der Waals surface area (Å²) in [5.41, 5.74) is 1.49. The smallest absolute Gasteiger partial charge is 0.341 e. The van der Waals surface area contributed by atoms with E-state index in [1.165, 1.54) is 19.4 Å². The van der Waals surface area contributed by atoms with Crippen molar-refractivity contribution in [2.75, 3.05) is 7.11 Å². The maximum Gasteiger partial charge on any atom is 0.341 e. The van der Waals surface area contributed by atoms with Gasteiger partial charge in [-0.3, -0.25) is 9.67 Å². The fourth-order valence-corrected chi connectivity index (χ4v) is 1.74. The molecule has 2 heterocycles. The van der Waals surface area contributed by atoms with Crippen molar-refractivity contribution in [2.45, 2.75) is 13.5 Å². The Kier molecular flexibility index (Phi) is 3.57. The SMILES string of the molecule is CCn1cc(-c2nccc(C#N)c2C(=O)OC)cn1. The molecule has 2 aromatic heterocycles. The Labute approximate surface area is 110 Å². The lowest BCUT2D eigenvalue weighted by Crippen LogP contribution is -2.07. The minimum Gasteiger partial charge on any atom is -0.465 e. The monoisotopic (exact) mass is 256 g/mol.